The van der Waals surface area contributed by atoms with E-state index < -0.39 is 0 Å². The van der Waals surface area contributed by atoms with Gasteiger partial charge in [-0.2, -0.15) is 0 Å². The molecule has 17 heavy (non-hydrogen) atoms. The van der Waals surface area contributed by atoms with Gasteiger partial charge in [0.05, 0.1) is 0 Å². The van der Waals surface area contributed by atoms with E-state index in [2.05, 4.69) is 31.0 Å². The Morgan fingerprint density at radius 1 is 1.18 bits per heavy atom. The molecule has 0 spiro atoms. The summed E-state index contributed by atoms with van der Waals surface area (Å²) in [6.07, 6.45) is 7.05. The molecule has 0 bridgehead atoms. The Labute approximate surface area is 107 Å². The van der Waals surface area contributed by atoms with E-state index >= 15 is 0 Å². The van der Waals surface area contributed by atoms with Gasteiger partial charge in [0.25, 0.3) is 0 Å². The summed E-state index contributed by atoms with van der Waals surface area (Å²) in [5.74, 6) is 1.94. The highest BCUT2D eigenvalue weighted by molar-refractivity contribution is 4.92. The summed E-state index contributed by atoms with van der Waals surface area (Å²) in [4.78, 5) is 2.81. The van der Waals surface area contributed by atoms with Crippen LogP contribution in [0.4, 0.5) is 0 Å². The average molecular weight is 238 g/mol. The van der Waals surface area contributed by atoms with Crippen molar-refractivity contribution in [3.63, 3.8) is 0 Å². The van der Waals surface area contributed by atoms with Gasteiger partial charge in [0.2, 0.25) is 0 Å². The third kappa shape index (κ3) is 3.45. The molecule has 2 aliphatic rings. The highest BCUT2D eigenvalue weighted by Crippen LogP contribution is 2.38. The van der Waals surface area contributed by atoms with E-state index in [9.17, 15) is 0 Å². The van der Waals surface area contributed by atoms with Crippen LogP contribution in [-0.2, 0) is 0 Å². The molecule has 2 rings (SSSR count). The average Bonchev–Trinajstić information content (AvgIpc) is 3.15. The van der Waals surface area contributed by atoms with Crippen LogP contribution >= 0.6 is 0 Å². The molecule has 0 amide bonds. The van der Waals surface area contributed by atoms with Crippen molar-refractivity contribution < 1.29 is 0 Å². The van der Waals surface area contributed by atoms with Crippen LogP contribution in [-0.4, -0.2) is 36.6 Å². The lowest BCUT2D eigenvalue weighted by atomic mass is 9.90. The highest BCUT2D eigenvalue weighted by Gasteiger charge is 2.37. The largest absolute Gasteiger partial charge is 0.313 e. The van der Waals surface area contributed by atoms with Crippen LogP contribution in [0.2, 0.25) is 0 Å². The zero-order valence-corrected chi connectivity index (χ0v) is 11.9. The Morgan fingerprint density at radius 2 is 1.94 bits per heavy atom. The first-order chi connectivity index (χ1) is 8.28. The predicted molar refractivity (Wildman–Crippen MR) is 74.2 cm³/mol. The van der Waals surface area contributed by atoms with Crippen molar-refractivity contribution in [1.29, 1.82) is 0 Å². The molecule has 0 aromatic rings. The van der Waals surface area contributed by atoms with Gasteiger partial charge in [-0.25, -0.2) is 0 Å². The lowest BCUT2D eigenvalue weighted by Gasteiger charge is -2.42. The van der Waals surface area contributed by atoms with Crippen molar-refractivity contribution in [3.8, 4) is 0 Å². The summed E-state index contributed by atoms with van der Waals surface area (Å²) in [7, 11) is 0. The van der Waals surface area contributed by atoms with Gasteiger partial charge < -0.3 is 5.32 Å². The van der Waals surface area contributed by atoms with E-state index in [1.54, 1.807) is 0 Å². The number of piperidine rings is 1. The fourth-order valence-electron chi connectivity index (χ4n) is 3.61. The van der Waals surface area contributed by atoms with Gasteiger partial charge >= 0.3 is 0 Å². The van der Waals surface area contributed by atoms with Gasteiger partial charge in [0.15, 0.2) is 0 Å². The summed E-state index contributed by atoms with van der Waals surface area (Å²) in [5.41, 5.74) is 0. The number of hydrogen-bond donors (Lipinski definition) is 1. The fourth-order valence-corrected chi connectivity index (χ4v) is 3.61. The van der Waals surface area contributed by atoms with Gasteiger partial charge in [-0.05, 0) is 44.1 Å². The molecule has 1 heterocycles. The van der Waals surface area contributed by atoms with Gasteiger partial charge in [-0.3, -0.25) is 4.90 Å². The zero-order valence-electron chi connectivity index (χ0n) is 11.9. The topological polar surface area (TPSA) is 15.3 Å². The van der Waals surface area contributed by atoms with Crippen LogP contribution in [0, 0.1) is 11.8 Å². The Kier molecular flexibility index (Phi) is 4.87. The number of likely N-dealkylation sites (N-methyl/N-ethyl adjacent to an activating group) is 1. The van der Waals surface area contributed by atoms with Gasteiger partial charge in [0.1, 0.15) is 0 Å². The molecule has 2 nitrogen and oxygen atoms in total. The summed E-state index contributed by atoms with van der Waals surface area (Å²) in [6, 6.07) is 1.62. The molecule has 2 fully saturated rings. The van der Waals surface area contributed by atoms with Crippen molar-refractivity contribution in [3.05, 3.63) is 0 Å². The fraction of sp³-hybridized carbons (Fsp3) is 1.00. The quantitative estimate of drug-likeness (QED) is 0.765. The summed E-state index contributed by atoms with van der Waals surface area (Å²) < 4.78 is 0. The smallest absolute Gasteiger partial charge is 0.0198 e. The SMILES string of the molecule is CCNC1CC(CC)CN(C(CC)C2CC2)C1. The highest BCUT2D eigenvalue weighted by atomic mass is 15.2. The first-order valence-electron chi connectivity index (χ1n) is 7.75. The molecule has 0 aromatic heterocycles. The molecule has 3 unspecified atom stereocenters. The maximum atomic E-state index is 3.68. The second kappa shape index (κ2) is 6.19. The zero-order chi connectivity index (χ0) is 12.3. The molecule has 3 atom stereocenters. The molecule has 0 aromatic carbocycles. The van der Waals surface area contributed by atoms with Gasteiger partial charge in [-0.15, -0.1) is 0 Å². The minimum absolute atomic E-state index is 0.742. The van der Waals surface area contributed by atoms with Crippen molar-refractivity contribution in [1.82, 2.24) is 10.2 Å². The predicted octanol–water partition coefficient (Wildman–Crippen LogP) is 2.89. The number of rotatable bonds is 6. The molecular formula is C15H30N2. The molecule has 0 radical (unpaired) electrons. The van der Waals surface area contributed by atoms with Crippen molar-refractivity contribution in [2.24, 2.45) is 11.8 Å². The van der Waals surface area contributed by atoms with Crippen LogP contribution in [0.5, 0.6) is 0 Å². The number of nitrogens with one attached hydrogen (secondary N) is 1. The van der Waals surface area contributed by atoms with Gasteiger partial charge in [-0.1, -0.05) is 27.2 Å². The standard InChI is InChI=1S/C15H30N2/c1-4-12-9-14(16-6-3)11-17(10-12)15(5-2)13-7-8-13/h12-16H,4-11H2,1-3H3. The molecule has 100 valence electrons. The van der Waals surface area contributed by atoms with Crippen LogP contribution in [0.25, 0.3) is 0 Å². The first-order valence-corrected chi connectivity index (χ1v) is 7.75. The summed E-state index contributed by atoms with van der Waals surface area (Å²) >= 11 is 0. The molecule has 1 aliphatic carbocycles. The molecule has 1 saturated heterocycles. The summed E-state index contributed by atoms with van der Waals surface area (Å²) in [6.45, 7) is 10.7. The Balaban J connectivity index is 1.94. The lowest BCUT2D eigenvalue weighted by molar-refractivity contribution is 0.0830. The van der Waals surface area contributed by atoms with E-state index in [1.165, 1.54) is 45.2 Å². The third-order valence-electron chi connectivity index (χ3n) is 4.69. The van der Waals surface area contributed by atoms with E-state index in [1.807, 2.05) is 0 Å². The van der Waals surface area contributed by atoms with E-state index in [0.717, 1.165) is 30.5 Å². The Bertz CT molecular complexity index is 225. The maximum absolute atomic E-state index is 3.68. The first kappa shape index (κ1) is 13.4. The molecule has 2 heteroatoms. The molecule has 1 saturated carbocycles. The van der Waals surface area contributed by atoms with Crippen LogP contribution in [0.15, 0.2) is 0 Å². The Morgan fingerprint density at radius 3 is 2.47 bits per heavy atom. The van der Waals surface area contributed by atoms with E-state index in [-0.39, 0.29) is 0 Å². The van der Waals surface area contributed by atoms with E-state index in [0.29, 0.717) is 0 Å². The molecular weight excluding hydrogens is 208 g/mol. The monoisotopic (exact) mass is 238 g/mol. The van der Waals surface area contributed by atoms with Crippen LogP contribution < -0.4 is 5.32 Å². The maximum Gasteiger partial charge on any atom is 0.0198 e. The number of nitrogens with zero attached hydrogens (tertiary/aromatic N) is 1. The minimum atomic E-state index is 0.742. The van der Waals surface area contributed by atoms with Gasteiger partial charge in [0, 0.05) is 25.2 Å². The minimum Gasteiger partial charge on any atom is -0.313 e. The second-order valence-electron chi connectivity index (χ2n) is 6.03. The number of likely N-dealkylation sites (tertiary alicyclic amines) is 1. The molecule has 1 N–H and O–H groups in total. The summed E-state index contributed by atoms with van der Waals surface area (Å²) in [5, 5.41) is 3.68. The normalized spacial score (nSPS) is 32.6. The Hall–Kier alpha value is -0.0800. The lowest BCUT2D eigenvalue weighted by Crippen LogP contribution is -2.53. The van der Waals surface area contributed by atoms with Crippen molar-refractivity contribution >= 4 is 0 Å². The third-order valence-corrected chi connectivity index (χ3v) is 4.69. The number of hydrogen-bond acceptors (Lipinski definition) is 2. The van der Waals surface area contributed by atoms with E-state index in [4.69, 9.17) is 0 Å². The van der Waals surface area contributed by atoms with Crippen LogP contribution in [0.1, 0.15) is 52.9 Å². The molecule has 1 aliphatic heterocycles. The van der Waals surface area contributed by atoms with Crippen molar-refractivity contribution in [2.75, 3.05) is 19.6 Å². The van der Waals surface area contributed by atoms with Crippen molar-refractivity contribution in [2.45, 2.75) is 65.0 Å². The second-order valence-corrected chi connectivity index (χ2v) is 6.03. The van der Waals surface area contributed by atoms with Crippen LogP contribution in [0.3, 0.4) is 0 Å².